The van der Waals surface area contributed by atoms with Gasteiger partial charge in [-0.15, -0.1) is 0 Å². The number of hydrogen-bond acceptors (Lipinski definition) is 7. The van der Waals surface area contributed by atoms with E-state index >= 15 is 0 Å². The second-order valence-electron chi connectivity index (χ2n) is 7.41. The van der Waals surface area contributed by atoms with Gasteiger partial charge in [0.05, 0.1) is 0 Å². The Morgan fingerprint density at radius 2 is 1.79 bits per heavy atom. The third-order valence-electron chi connectivity index (χ3n) is 5.21. The van der Waals surface area contributed by atoms with Gasteiger partial charge in [0.1, 0.15) is 0 Å². The minimum absolute atomic E-state index is 0.0743. The first-order valence-corrected chi connectivity index (χ1v) is 11.2. The first kappa shape index (κ1) is 23.1. The van der Waals surface area contributed by atoms with Crippen LogP contribution in [0.4, 0.5) is 4.79 Å². The number of ether oxygens (including phenoxy) is 1. The van der Waals surface area contributed by atoms with Gasteiger partial charge < -0.3 is 10.1 Å². The third kappa shape index (κ3) is 7.30. The molecule has 1 aromatic heterocycles. The van der Waals surface area contributed by atoms with Crippen molar-refractivity contribution >= 4 is 29.7 Å². The maximum absolute atomic E-state index is 12.0. The lowest BCUT2D eigenvalue weighted by Crippen LogP contribution is -2.48. The highest BCUT2D eigenvalue weighted by Crippen LogP contribution is 2.23. The molecule has 2 rings (SSSR count). The average molecular weight is 423 g/mol. The van der Waals surface area contributed by atoms with E-state index in [1.807, 2.05) is 20.1 Å². The molecule has 1 aliphatic carbocycles. The van der Waals surface area contributed by atoms with Crippen molar-refractivity contribution in [2.75, 3.05) is 12.9 Å². The number of carbonyl (C=O) groups excluding carboxylic acids is 3. The normalized spacial score (nSPS) is 18.8. The Morgan fingerprint density at radius 1 is 1.14 bits per heavy atom. The molecule has 3 amide bonds. The molecule has 29 heavy (non-hydrogen) atoms. The number of nitrogens with one attached hydrogen (secondary N) is 2. The van der Waals surface area contributed by atoms with Crippen molar-refractivity contribution in [3.05, 3.63) is 17.0 Å². The summed E-state index contributed by atoms with van der Waals surface area (Å²) in [5, 5.41) is 5.75. The van der Waals surface area contributed by atoms with E-state index < -0.39 is 24.5 Å². The van der Waals surface area contributed by atoms with E-state index in [1.165, 1.54) is 18.2 Å². The van der Waals surface area contributed by atoms with Crippen LogP contribution in [0, 0.1) is 19.8 Å². The monoisotopic (exact) mass is 422 g/mol. The lowest BCUT2D eigenvalue weighted by molar-refractivity contribution is -0.148. The summed E-state index contributed by atoms with van der Waals surface area (Å²) in [6.07, 6.45) is 6.69. The number of urea groups is 1. The Kier molecular flexibility index (Phi) is 8.88. The number of thioether (sulfide) groups is 1. The van der Waals surface area contributed by atoms with Crippen LogP contribution in [0.15, 0.2) is 5.16 Å². The van der Waals surface area contributed by atoms with Gasteiger partial charge in [-0.05, 0) is 50.8 Å². The lowest BCUT2D eigenvalue weighted by atomic mass is 9.86. The maximum Gasteiger partial charge on any atom is 0.321 e. The van der Waals surface area contributed by atoms with Gasteiger partial charge in [0.15, 0.2) is 11.8 Å². The molecule has 160 valence electrons. The van der Waals surface area contributed by atoms with Crippen LogP contribution in [0.5, 0.6) is 0 Å². The van der Waals surface area contributed by atoms with Crippen LogP contribution in [-0.2, 0) is 20.7 Å². The molecular weight excluding hydrogens is 392 g/mol. The van der Waals surface area contributed by atoms with Crippen LogP contribution in [0.2, 0.25) is 0 Å². The van der Waals surface area contributed by atoms with Crippen molar-refractivity contribution in [2.24, 2.45) is 5.92 Å². The lowest BCUT2D eigenvalue weighted by Gasteiger charge is -2.29. The molecule has 2 atom stereocenters. The summed E-state index contributed by atoms with van der Waals surface area (Å²) >= 11 is 1.47. The number of nitrogens with zero attached hydrogens (tertiary/aromatic N) is 2. The summed E-state index contributed by atoms with van der Waals surface area (Å²) in [4.78, 5) is 44.5. The summed E-state index contributed by atoms with van der Waals surface area (Å²) in [7, 11) is 0. The molecule has 0 aromatic carbocycles. The molecule has 1 aromatic rings. The number of aryl methyl sites for hydroxylation is 2. The summed E-state index contributed by atoms with van der Waals surface area (Å²) in [6.45, 7) is 5.38. The van der Waals surface area contributed by atoms with Crippen LogP contribution in [0.25, 0.3) is 0 Å². The van der Waals surface area contributed by atoms with Gasteiger partial charge in [0.25, 0.3) is 5.91 Å². The Morgan fingerprint density at radius 3 is 2.41 bits per heavy atom. The number of hydrogen-bond donors (Lipinski definition) is 2. The van der Waals surface area contributed by atoms with E-state index in [4.69, 9.17) is 4.74 Å². The van der Waals surface area contributed by atoms with Gasteiger partial charge >= 0.3 is 12.0 Å². The Hall–Kier alpha value is -2.16. The Bertz CT molecular complexity index is 733. The fourth-order valence-corrected chi connectivity index (χ4v) is 3.96. The molecule has 0 aliphatic heterocycles. The number of imide groups is 1. The second kappa shape index (κ2) is 11.1. The van der Waals surface area contributed by atoms with Gasteiger partial charge in [0, 0.05) is 23.9 Å². The third-order valence-corrected chi connectivity index (χ3v) is 5.75. The molecular formula is C20H30N4O4S. The van der Waals surface area contributed by atoms with Gasteiger partial charge in [-0.25, -0.2) is 14.8 Å². The van der Waals surface area contributed by atoms with E-state index in [-0.39, 0.29) is 12.5 Å². The molecule has 0 saturated heterocycles. The molecule has 1 heterocycles. The standard InChI is InChI=1S/C20H30N4O4S/c1-12-7-5-6-8-16(12)23-19(27)24-17(25)11-28-18(26)10-9-15-13(2)21-20(29-4)22-14(15)3/h12,16H,5-11H2,1-4H3,(H2,23,24,25,27)/t12-,16+/m0/s1. The number of aromatic nitrogens is 2. The van der Waals surface area contributed by atoms with Crippen LogP contribution < -0.4 is 10.6 Å². The SMILES string of the molecule is CSc1nc(C)c(CCC(=O)OCC(=O)NC(=O)N[C@@H]2CCCC[C@@H]2C)c(C)n1. The zero-order valence-corrected chi connectivity index (χ0v) is 18.4. The molecule has 0 unspecified atom stereocenters. The summed E-state index contributed by atoms with van der Waals surface area (Å²) in [6, 6.07) is -0.465. The second-order valence-corrected chi connectivity index (χ2v) is 8.18. The molecule has 1 saturated carbocycles. The minimum Gasteiger partial charge on any atom is -0.456 e. The van der Waals surface area contributed by atoms with Crippen LogP contribution in [0.1, 0.15) is 56.0 Å². The molecule has 8 nitrogen and oxygen atoms in total. The average Bonchev–Trinajstić information content (AvgIpc) is 2.67. The smallest absolute Gasteiger partial charge is 0.321 e. The van der Waals surface area contributed by atoms with E-state index in [0.717, 1.165) is 36.2 Å². The molecule has 1 aliphatic rings. The summed E-state index contributed by atoms with van der Waals surface area (Å²) in [5.41, 5.74) is 2.58. The number of amides is 3. The number of esters is 1. The van der Waals surface area contributed by atoms with E-state index in [0.29, 0.717) is 17.5 Å². The van der Waals surface area contributed by atoms with Crippen LogP contribution in [0.3, 0.4) is 0 Å². The molecule has 2 N–H and O–H groups in total. The van der Waals surface area contributed by atoms with Crippen molar-refractivity contribution in [3.63, 3.8) is 0 Å². The number of carbonyl (C=O) groups is 3. The van der Waals surface area contributed by atoms with Crippen molar-refractivity contribution < 1.29 is 19.1 Å². The van der Waals surface area contributed by atoms with Crippen molar-refractivity contribution in [1.82, 2.24) is 20.6 Å². The molecule has 0 bridgehead atoms. The minimum atomic E-state index is -0.640. The fraction of sp³-hybridized carbons (Fsp3) is 0.650. The predicted molar refractivity (Wildman–Crippen MR) is 111 cm³/mol. The highest BCUT2D eigenvalue weighted by Gasteiger charge is 2.23. The first-order valence-electron chi connectivity index (χ1n) is 9.94. The predicted octanol–water partition coefficient (Wildman–Crippen LogP) is 2.70. The summed E-state index contributed by atoms with van der Waals surface area (Å²) in [5.74, 6) is -0.753. The van der Waals surface area contributed by atoms with Crippen LogP contribution >= 0.6 is 11.8 Å². The zero-order valence-electron chi connectivity index (χ0n) is 17.5. The Labute approximate surface area is 176 Å². The Balaban J connectivity index is 1.72. The zero-order chi connectivity index (χ0) is 21.4. The van der Waals surface area contributed by atoms with Gasteiger partial charge in [-0.3, -0.25) is 14.9 Å². The quantitative estimate of drug-likeness (QED) is 0.395. The molecule has 0 spiro atoms. The van der Waals surface area contributed by atoms with Gasteiger partial charge in [-0.1, -0.05) is 31.5 Å². The fourth-order valence-electron chi connectivity index (χ4n) is 3.50. The highest BCUT2D eigenvalue weighted by molar-refractivity contribution is 7.98. The number of rotatable bonds is 7. The maximum atomic E-state index is 12.0. The summed E-state index contributed by atoms with van der Waals surface area (Å²) < 4.78 is 4.99. The van der Waals surface area contributed by atoms with Crippen molar-refractivity contribution in [1.29, 1.82) is 0 Å². The highest BCUT2D eigenvalue weighted by atomic mass is 32.2. The van der Waals surface area contributed by atoms with Gasteiger partial charge in [-0.2, -0.15) is 0 Å². The van der Waals surface area contributed by atoms with E-state index in [2.05, 4.69) is 27.5 Å². The first-order chi connectivity index (χ1) is 13.8. The largest absolute Gasteiger partial charge is 0.456 e. The topological polar surface area (TPSA) is 110 Å². The van der Waals surface area contributed by atoms with Crippen molar-refractivity contribution in [2.45, 2.75) is 70.5 Å². The molecule has 9 heteroatoms. The van der Waals surface area contributed by atoms with Gasteiger partial charge in [0.2, 0.25) is 0 Å². The van der Waals surface area contributed by atoms with E-state index in [1.54, 1.807) is 0 Å². The molecule has 0 radical (unpaired) electrons. The van der Waals surface area contributed by atoms with Crippen LogP contribution in [-0.4, -0.2) is 46.8 Å². The van der Waals surface area contributed by atoms with Crippen molar-refractivity contribution in [3.8, 4) is 0 Å². The molecule has 1 fully saturated rings. The van der Waals surface area contributed by atoms with E-state index in [9.17, 15) is 14.4 Å².